The molecule has 2 atom stereocenters. The molecule has 0 bridgehead atoms. The minimum Gasteiger partial charge on any atom is -0.373 e. The Morgan fingerprint density at radius 1 is 1.35 bits per heavy atom. The summed E-state index contributed by atoms with van der Waals surface area (Å²) in [4.78, 5) is 2.54. The first-order valence-electron chi connectivity index (χ1n) is 7.06. The van der Waals surface area contributed by atoms with Crippen molar-refractivity contribution in [1.29, 1.82) is 0 Å². The van der Waals surface area contributed by atoms with E-state index in [-0.39, 0.29) is 5.60 Å². The maximum absolute atomic E-state index is 5.75. The van der Waals surface area contributed by atoms with E-state index in [1.807, 2.05) is 0 Å². The van der Waals surface area contributed by atoms with E-state index in [9.17, 15) is 0 Å². The van der Waals surface area contributed by atoms with E-state index in [0.717, 1.165) is 26.2 Å². The smallest absolute Gasteiger partial charge is 0.0753 e. The summed E-state index contributed by atoms with van der Waals surface area (Å²) in [7, 11) is 0. The molecule has 2 unspecified atom stereocenters. The largest absolute Gasteiger partial charge is 0.373 e. The van der Waals surface area contributed by atoms with E-state index in [4.69, 9.17) is 4.74 Å². The predicted octanol–water partition coefficient (Wildman–Crippen LogP) is 2.26. The van der Waals surface area contributed by atoms with Crippen LogP contribution in [0.15, 0.2) is 0 Å². The molecule has 1 fully saturated rings. The Hall–Kier alpha value is -0.120. The van der Waals surface area contributed by atoms with Crippen LogP contribution in [0, 0.1) is 0 Å². The van der Waals surface area contributed by atoms with E-state index >= 15 is 0 Å². The minimum atomic E-state index is 0.0154. The topological polar surface area (TPSA) is 24.5 Å². The molecule has 0 aromatic carbocycles. The third kappa shape index (κ3) is 5.36. The molecule has 0 spiro atoms. The number of rotatable bonds is 6. The van der Waals surface area contributed by atoms with Crippen molar-refractivity contribution >= 4 is 0 Å². The molecule has 0 amide bonds. The third-order valence-electron chi connectivity index (χ3n) is 3.56. The highest BCUT2D eigenvalue weighted by atomic mass is 16.5. The van der Waals surface area contributed by atoms with Gasteiger partial charge in [0.25, 0.3) is 0 Å². The fraction of sp³-hybridized carbons (Fsp3) is 1.00. The molecule has 1 saturated heterocycles. The van der Waals surface area contributed by atoms with Gasteiger partial charge in [0.1, 0.15) is 0 Å². The van der Waals surface area contributed by atoms with Crippen LogP contribution in [0.5, 0.6) is 0 Å². The third-order valence-corrected chi connectivity index (χ3v) is 3.56. The highest BCUT2D eigenvalue weighted by molar-refractivity contribution is 4.83. The molecule has 1 N–H and O–H groups in total. The Bertz CT molecular complexity index is 218. The second-order valence-electron chi connectivity index (χ2n) is 6.03. The van der Waals surface area contributed by atoms with E-state index in [1.165, 1.54) is 12.8 Å². The number of morpholine rings is 1. The van der Waals surface area contributed by atoms with E-state index in [2.05, 4.69) is 44.8 Å². The van der Waals surface area contributed by atoms with Gasteiger partial charge in [0.05, 0.1) is 12.2 Å². The quantitative estimate of drug-likeness (QED) is 0.773. The normalized spacial score (nSPS) is 24.5. The van der Waals surface area contributed by atoms with E-state index in [1.54, 1.807) is 0 Å². The van der Waals surface area contributed by atoms with Crippen molar-refractivity contribution in [2.24, 2.45) is 0 Å². The maximum atomic E-state index is 5.75. The van der Waals surface area contributed by atoms with Crippen LogP contribution in [0.25, 0.3) is 0 Å². The first-order chi connectivity index (χ1) is 7.94. The van der Waals surface area contributed by atoms with Crippen LogP contribution in [0.4, 0.5) is 0 Å². The summed E-state index contributed by atoms with van der Waals surface area (Å²) in [5.74, 6) is 0. The molecule has 0 saturated carbocycles. The zero-order valence-corrected chi connectivity index (χ0v) is 12.3. The summed E-state index contributed by atoms with van der Waals surface area (Å²) in [5, 5.41) is 3.63. The molecule has 102 valence electrons. The van der Waals surface area contributed by atoms with Gasteiger partial charge in [-0.1, -0.05) is 13.3 Å². The summed E-state index contributed by atoms with van der Waals surface area (Å²) in [6.07, 6.45) is 2.52. The summed E-state index contributed by atoms with van der Waals surface area (Å²) < 4.78 is 5.75. The van der Waals surface area contributed by atoms with Gasteiger partial charge in [-0.05, 0) is 34.1 Å². The monoisotopic (exact) mass is 242 g/mol. The molecule has 1 aliphatic heterocycles. The zero-order chi connectivity index (χ0) is 12.9. The number of nitrogens with one attached hydrogen (secondary N) is 1. The molecular weight excluding hydrogens is 212 g/mol. The summed E-state index contributed by atoms with van der Waals surface area (Å²) in [5.41, 5.74) is 0.0154. The molecule has 0 aromatic heterocycles. The Labute approximate surface area is 107 Å². The van der Waals surface area contributed by atoms with Crippen molar-refractivity contribution in [3.63, 3.8) is 0 Å². The molecule has 0 radical (unpaired) electrons. The summed E-state index contributed by atoms with van der Waals surface area (Å²) in [6.45, 7) is 15.2. The number of nitrogens with zero attached hydrogens (tertiary/aromatic N) is 1. The lowest BCUT2D eigenvalue weighted by Gasteiger charge is -2.41. The van der Waals surface area contributed by atoms with Crippen molar-refractivity contribution in [2.75, 3.05) is 26.2 Å². The lowest BCUT2D eigenvalue weighted by molar-refractivity contribution is -0.0951. The van der Waals surface area contributed by atoms with E-state index < -0.39 is 0 Å². The van der Waals surface area contributed by atoms with Crippen LogP contribution in [-0.2, 0) is 4.74 Å². The Balaban J connectivity index is 2.29. The number of hydrogen-bond donors (Lipinski definition) is 1. The van der Waals surface area contributed by atoms with Gasteiger partial charge in [0, 0.05) is 31.7 Å². The van der Waals surface area contributed by atoms with Gasteiger partial charge >= 0.3 is 0 Å². The Kier molecular flexibility index (Phi) is 5.90. The minimum absolute atomic E-state index is 0.0154. The van der Waals surface area contributed by atoms with Crippen LogP contribution in [0.3, 0.4) is 0 Å². The number of hydrogen-bond acceptors (Lipinski definition) is 3. The fourth-order valence-corrected chi connectivity index (χ4v) is 2.47. The first-order valence-corrected chi connectivity index (χ1v) is 7.06. The fourth-order valence-electron chi connectivity index (χ4n) is 2.47. The van der Waals surface area contributed by atoms with Gasteiger partial charge in [-0.25, -0.2) is 0 Å². The lowest BCUT2D eigenvalue weighted by atomic mass is 10.1. The predicted molar refractivity (Wildman–Crippen MR) is 73.4 cm³/mol. The van der Waals surface area contributed by atoms with E-state index in [0.29, 0.717) is 12.1 Å². The Morgan fingerprint density at radius 3 is 2.65 bits per heavy atom. The van der Waals surface area contributed by atoms with Crippen molar-refractivity contribution in [3.05, 3.63) is 0 Å². The van der Waals surface area contributed by atoms with Gasteiger partial charge in [0.15, 0.2) is 0 Å². The molecule has 17 heavy (non-hydrogen) atoms. The maximum Gasteiger partial charge on any atom is 0.0753 e. The highest BCUT2D eigenvalue weighted by Crippen LogP contribution is 2.18. The zero-order valence-electron chi connectivity index (χ0n) is 12.3. The number of ether oxygens (including phenoxy) is 1. The van der Waals surface area contributed by atoms with Crippen molar-refractivity contribution < 1.29 is 4.74 Å². The van der Waals surface area contributed by atoms with Gasteiger partial charge in [-0.3, -0.25) is 4.90 Å². The average Bonchev–Trinajstić information content (AvgIpc) is 2.25. The van der Waals surface area contributed by atoms with Crippen LogP contribution in [0.2, 0.25) is 0 Å². The second kappa shape index (κ2) is 6.72. The summed E-state index contributed by atoms with van der Waals surface area (Å²) >= 11 is 0. The molecule has 1 aliphatic rings. The Morgan fingerprint density at radius 2 is 2.06 bits per heavy atom. The highest BCUT2D eigenvalue weighted by Gasteiger charge is 2.29. The van der Waals surface area contributed by atoms with Crippen molar-refractivity contribution in [3.8, 4) is 0 Å². The van der Waals surface area contributed by atoms with Gasteiger partial charge in [-0.15, -0.1) is 0 Å². The molecule has 1 rings (SSSR count). The van der Waals surface area contributed by atoms with Crippen LogP contribution < -0.4 is 5.32 Å². The molecule has 3 heteroatoms. The van der Waals surface area contributed by atoms with Crippen LogP contribution >= 0.6 is 0 Å². The average molecular weight is 242 g/mol. The van der Waals surface area contributed by atoms with Crippen molar-refractivity contribution in [2.45, 2.75) is 65.1 Å². The van der Waals surface area contributed by atoms with Crippen molar-refractivity contribution in [1.82, 2.24) is 10.2 Å². The second-order valence-corrected chi connectivity index (χ2v) is 6.03. The lowest BCUT2D eigenvalue weighted by Crippen LogP contribution is -2.54. The molecular formula is C14H30N2O. The van der Waals surface area contributed by atoms with Crippen LogP contribution in [-0.4, -0.2) is 48.8 Å². The van der Waals surface area contributed by atoms with Gasteiger partial charge < -0.3 is 10.1 Å². The molecule has 0 aromatic rings. The standard InChI is InChI=1S/C14H30N2O/c1-6-7-12(2)15-10-13(3)16-8-9-17-14(4,5)11-16/h12-13,15H,6-11H2,1-5H3. The molecule has 0 aliphatic carbocycles. The van der Waals surface area contributed by atoms with Crippen LogP contribution in [0.1, 0.15) is 47.5 Å². The molecule has 3 nitrogen and oxygen atoms in total. The summed E-state index contributed by atoms with van der Waals surface area (Å²) in [6, 6.07) is 1.23. The SMILES string of the molecule is CCCC(C)NCC(C)N1CCOC(C)(C)C1. The van der Waals surface area contributed by atoms with Gasteiger partial charge in [-0.2, -0.15) is 0 Å². The first kappa shape index (κ1) is 14.9. The molecule has 1 heterocycles. The van der Waals surface area contributed by atoms with Gasteiger partial charge in [0.2, 0.25) is 0 Å².